The molecule has 1 rings (SSSR count). The Morgan fingerprint density at radius 2 is 2.06 bits per heavy atom. The van der Waals surface area contributed by atoms with Crippen molar-refractivity contribution >= 4 is 23.4 Å². The van der Waals surface area contributed by atoms with Gasteiger partial charge in [-0.15, -0.1) is 0 Å². The fourth-order valence-electron chi connectivity index (χ4n) is 1.84. The predicted octanol–water partition coefficient (Wildman–Crippen LogP) is 4.56. The summed E-state index contributed by atoms with van der Waals surface area (Å²) in [6.07, 6.45) is 3.34. The molecule has 0 aliphatic carbocycles. The zero-order chi connectivity index (χ0) is 13.6. The van der Waals surface area contributed by atoms with Crippen LogP contribution in [0.5, 0.6) is 0 Å². The normalized spacial score (nSPS) is 13.6. The van der Waals surface area contributed by atoms with Crippen molar-refractivity contribution in [1.29, 1.82) is 0 Å². The lowest BCUT2D eigenvalue weighted by Gasteiger charge is -2.25. The first kappa shape index (κ1) is 15.9. The summed E-state index contributed by atoms with van der Waals surface area (Å²) in [5.74, 6) is 1.72. The van der Waals surface area contributed by atoms with Crippen LogP contribution in [0.25, 0.3) is 0 Å². The van der Waals surface area contributed by atoms with Crippen molar-refractivity contribution in [1.82, 2.24) is 5.32 Å². The second-order valence-corrected chi connectivity index (χ2v) is 7.09. The minimum Gasteiger partial charge on any atom is -0.311 e. The standard InChI is InChI=1S/C15H24ClNS/c1-15(2,3)17-11-13(8-9-18-4)12-6-5-7-14(16)10-12/h5-7,10,13,17H,8-9,11H2,1-4H3. The average molecular weight is 286 g/mol. The summed E-state index contributed by atoms with van der Waals surface area (Å²) in [5, 5.41) is 4.43. The van der Waals surface area contributed by atoms with Gasteiger partial charge in [0.25, 0.3) is 0 Å². The Hall–Kier alpha value is -0.180. The minimum absolute atomic E-state index is 0.163. The number of thioether (sulfide) groups is 1. The third kappa shape index (κ3) is 6.12. The molecule has 1 nitrogen and oxygen atoms in total. The fraction of sp³-hybridized carbons (Fsp3) is 0.600. The van der Waals surface area contributed by atoms with Crippen molar-refractivity contribution in [3.8, 4) is 0 Å². The molecule has 0 aromatic heterocycles. The summed E-state index contributed by atoms with van der Waals surface area (Å²) in [7, 11) is 0. The summed E-state index contributed by atoms with van der Waals surface area (Å²) in [6, 6.07) is 8.26. The van der Waals surface area contributed by atoms with Gasteiger partial charge in [-0.3, -0.25) is 0 Å². The Morgan fingerprint density at radius 3 is 2.61 bits per heavy atom. The molecule has 0 amide bonds. The molecular formula is C15H24ClNS. The molecule has 0 saturated carbocycles. The Balaban J connectivity index is 2.71. The van der Waals surface area contributed by atoms with Crippen molar-refractivity contribution in [2.45, 2.75) is 38.6 Å². The van der Waals surface area contributed by atoms with Gasteiger partial charge in [0.05, 0.1) is 0 Å². The molecule has 0 bridgehead atoms. The van der Waals surface area contributed by atoms with E-state index in [-0.39, 0.29) is 5.54 Å². The zero-order valence-corrected chi connectivity index (χ0v) is 13.4. The molecule has 1 unspecified atom stereocenters. The van der Waals surface area contributed by atoms with Gasteiger partial charge in [0, 0.05) is 17.1 Å². The van der Waals surface area contributed by atoms with E-state index in [9.17, 15) is 0 Å². The highest BCUT2D eigenvalue weighted by Crippen LogP contribution is 2.24. The lowest BCUT2D eigenvalue weighted by atomic mass is 9.95. The Bertz CT molecular complexity index is 360. The number of halogens is 1. The van der Waals surface area contributed by atoms with Crippen LogP contribution in [-0.4, -0.2) is 24.1 Å². The first-order chi connectivity index (χ1) is 8.42. The SMILES string of the molecule is CSCCC(CNC(C)(C)C)c1cccc(Cl)c1. The van der Waals surface area contributed by atoms with Gasteiger partial charge in [0.1, 0.15) is 0 Å². The smallest absolute Gasteiger partial charge is 0.0408 e. The largest absolute Gasteiger partial charge is 0.311 e. The van der Waals surface area contributed by atoms with Crippen LogP contribution >= 0.6 is 23.4 Å². The molecule has 1 atom stereocenters. The van der Waals surface area contributed by atoms with Crippen LogP contribution in [0.4, 0.5) is 0 Å². The van der Waals surface area contributed by atoms with E-state index in [1.54, 1.807) is 0 Å². The quantitative estimate of drug-likeness (QED) is 0.822. The number of hydrogen-bond acceptors (Lipinski definition) is 2. The lowest BCUT2D eigenvalue weighted by Crippen LogP contribution is -2.38. The maximum Gasteiger partial charge on any atom is 0.0408 e. The van der Waals surface area contributed by atoms with E-state index in [1.807, 2.05) is 23.9 Å². The van der Waals surface area contributed by atoms with E-state index in [0.29, 0.717) is 5.92 Å². The third-order valence-corrected chi connectivity index (χ3v) is 3.75. The summed E-state index contributed by atoms with van der Waals surface area (Å²) in [4.78, 5) is 0. The first-order valence-corrected chi connectivity index (χ1v) is 8.19. The molecule has 1 aromatic rings. The molecule has 0 fully saturated rings. The molecule has 0 radical (unpaired) electrons. The van der Waals surface area contributed by atoms with Gasteiger partial charge < -0.3 is 5.32 Å². The Kier molecular flexibility index (Phi) is 6.54. The Labute approximate surface area is 121 Å². The van der Waals surface area contributed by atoms with Crippen molar-refractivity contribution in [3.63, 3.8) is 0 Å². The summed E-state index contributed by atoms with van der Waals surface area (Å²) >= 11 is 7.99. The molecule has 0 spiro atoms. The van der Waals surface area contributed by atoms with Gasteiger partial charge >= 0.3 is 0 Å². The monoisotopic (exact) mass is 285 g/mol. The molecule has 18 heavy (non-hydrogen) atoms. The highest BCUT2D eigenvalue weighted by Gasteiger charge is 2.15. The molecule has 0 aliphatic heterocycles. The number of hydrogen-bond donors (Lipinski definition) is 1. The molecule has 3 heteroatoms. The molecule has 0 saturated heterocycles. The van der Waals surface area contributed by atoms with Crippen LogP contribution in [0.2, 0.25) is 5.02 Å². The number of nitrogens with one attached hydrogen (secondary N) is 1. The van der Waals surface area contributed by atoms with Crippen molar-refractivity contribution in [2.75, 3.05) is 18.6 Å². The van der Waals surface area contributed by atoms with Gasteiger partial charge in [0.15, 0.2) is 0 Å². The summed E-state index contributed by atoms with van der Waals surface area (Å²) in [6.45, 7) is 7.62. The maximum atomic E-state index is 6.09. The topological polar surface area (TPSA) is 12.0 Å². The highest BCUT2D eigenvalue weighted by atomic mass is 35.5. The maximum absolute atomic E-state index is 6.09. The van der Waals surface area contributed by atoms with Crippen molar-refractivity contribution in [3.05, 3.63) is 34.9 Å². The van der Waals surface area contributed by atoms with Crippen LogP contribution in [0.1, 0.15) is 38.7 Å². The second-order valence-electron chi connectivity index (χ2n) is 5.66. The van der Waals surface area contributed by atoms with Gasteiger partial charge in [-0.25, -0.2) is 0 Å². The van der Waals surface area contributed by atoms with Gasteiger partial charge in [-0.05, 0) is 62.8 Å². The number of rotatable bonds is 6. The molecule has 0 aliphatic rings. The fourth-order valence-corrected chi connectivity index (χ4v) is 2.56. The molecular weight excluding hydrogens is 262 g/mol. The minimum atomic E-state index is 0.163. The van der Waals surface area contributed by atoms with Crippen molar-refractivity contribution < 1.29 is 0 Å². The molecule has 1 N–H and O–H groups in total. The molecule has 1 aromatic carbocycles. The van der Waals surface area contributed by atoms with Gasteiger partial charge in [0.2, 0.25) is 0 Å². The van der Waals surface area contributed by atoms with Crippen LogP contribution in [0.3, 0.4) is 0 Å². The molecule has 0 heterocycles. The van der Waals surface area contributed by atoms with E-state index < -0.39 is 0 Å². The van der Waals surface area contributed by atoms with E-state index >= 15 is 0 Å². The van der Waals surface area contributed by atoms with Crippen LogP contribution < -0.4 is 5.32 Å². The van der Waals surface area contributed by atoms with E-state index in [4.69, 9.17) is 11.6 Å². The number of benzene rings is 1. The third-order valence-electron chi connectivity index (χ3n) is 2.87. The van der Waals surface area contributed by atoms with E-state index in [0.717, 1.165) is 11.6 Å². The lowest BCUT2D eigenvalue weighted by molar-refractivity contribution is 0.403. The van der Waals surface area contributed by atoms with Crippen molar-refractivity contribution in [2.24, 2.45) is 0 Å². The van der Waals surface area contributed by atoms with Crippen LogP contribution in [-0.2, 0) is 0 Å². The first-order valence-electron chi connectivity index (χ1n) is 6.42. The predicted molar refractivity (Wildman–Crippen MR) is 84.9 cm³/mol. The van der Waals surface area contributed by atoms with Gasteiger partial charge in [-0.2, -0.15) is 11.8 Å². The van der Waals surface area contributed by atoms with E-state index in [2.05, 4.69) is 44.5 Å². The summed E-state index contributed by atoms with van der Waals surface area (Å²) in [5.41, 5.74) is 1.50. The van der Waals surface area contributed by atoms with Crippen LogP contribution in [0.15, 0.2) is 24.3 Å². The summed E-state index contributed by atoms with van der Waals surface area (Å²) < 4.78 is 0. The average Bonchev–Trinajstić information content (AvgIpc) is 2.28. The zero-order valence-electron chi connectivity index (χ0n) is 11.8. The Morgan fingerprint density at radius 1 is 1.33 bits per heavy atom. The molecule has 102 valence electrons. The highest BCUT2D eigenvalue weighted by molar-refractivity contribution is 7.98. The second kappa shape index (κ2) is 7.42. The van der Waals surface area contributed by atoms with Crippen LogP contribution in [0, 0.1) is 0 Å². The van der Waals surface area contributed by atoms with E-state index in [1.165, 1.54) is 17.7 Å². The van der Waals surface area contributed by atoms with Gasteiger partial charge in [-0.1, -0.05) is 23.7 Å².